The molecule has 0 bridgehead atoms. The Hall–Kier alpha value is -1.63. The molecular weight excluding hydrogens is 276 g/mol. The van der Waals surface area contributed by atoms with Crippen LogP contribution in [-0.2, 0) is 14.8 Å². The highest BCUT2D eigenvalue weighted by molar-refractivity contribution is 7.89. The maximum absolute atomic E-state index is 12.2. The second-order valence-corrected chi connectivity index (χ2v) is 6.48. The molecule has 1 saturated heterocycles. The minimum absolute atomic E-state index is 0.121. The highest BCUT2D eigenvalue weighted by Gasteiger charge is 2.23. The first-order chi connectivity index (χ1) is 9.65. The van der Waals surface area contributed by atoms with E-state index in [0.29, 0.717) is 13.2 Å². The van der Waals surface area contributed by atoms with E-state index in [1.807, 2.05) is 29.1 Å². The summed E-state index contributed by atoms with van der Waals surface area (Å²) >= 11 is 0. The summed E-state index contributed by atoms with van der Waals surface area (Å²) in [6.07, 6.45) is 4.55. The topological polar surface area (TPSA) is 60.3 Å². The zero-order valence-electron chi connectivity index (χ0n) is 10.9. The summed E-state index contributed by atoms with van der Waals surface area (Å²) in [4.78, 5) is 0.278. The summed E-state index contributed by atoms with van der Waals surface area (Å²) in [6, 6.07) is 10.5. The van der Waals surface area contributed by atoms with Crippen LogP contribution in [0.1, 0.15) is 6.42 Å². The molecule has 0 saturated carbocycles. The van der Waals surface area contributed by atoms with Gasteiger partial charge in [0.1, 0.15) is 0 Å². The number of hydrogen-bond donors (Lipinski definition) is 1. The van der Waals surface area contributed by atoms with Crippen LogP contribution in [0.15, 0.2) is 53.7 Å². The van der Waals surface area contributed by atoms with E-state index in [-0.39, 0.29) is 10.9 Å². The molecule has 1 atom stereocenters. The Morgan fingerprint density at radius 1 is 1.15 bits per heavy atom. The summed E-state index contributed by atoms with van der Waals surface area (Å²) in [5.74, 6) is 0. The highest BCUT2D eigenvalue weighted by Crippen LogP contribution is 2.15. The van der Waals surface area contributed by atoms with E-state index in [9.17, 15) is 8.42 Å². The zero-order chi connectivity index (χ0) is 14.0. The van der Waals surface area contributed by atoms with Crippen LogP contribution in [0.3, 0.4) is 0 Å². The fourth-order valence-electron chi connectivity index (χ4n) is 2.22. The molecule has 1 aromatic heterocycles. The average Bonchev–Trinajstić information content (AvgIpc) is 3.11. The Bertz CT molecular complexity index is 657. The molecule has 1 N–H and O–H groups in total. The van der Waals surface area contributed by atoms with Gasteiger partial charge in [-0.1, -0.05) is 0 Å². The van der Waals surface area contributed by atoms with Gasteiger partial charge in [0.15, 0.2) is 0 Å². The Morgan fingerprint density at radius 2 is 1.85 bits per heavy atom. The Kier molecular flexibility index (Phi) is 3.60. The quantitative estimate of drug-likeness (QED) is 0.930. The molecule has 0 amide bonds. The number of ether oxygens (including phenoxy) is 1. The van der Waals surface area contributed by atoms with Crippen LogP contribution in [0.4, 0.5) is 0 Å². The fraction of sp³-hybridized carbons (Fsp3) is 0.286. The monoisotopic (exact) mass is 292 g/mol. The molecule has 20 heavy (non-hydrogen) atoms. The lowest BCUT2D eigenvalue weighted by Crippen LogP contribution is -2.34. The van der Waals surface area contributed by atoms with Crippen LogP contribution in [0.25, 0.3) is 5.69 Å². The van der Waals surface area contributed by atoms with E-state index in [2.05, 4.69) is 4.72 Å². The smallest absolute Gasteiger partial charge is 0.240 e. The molecule has 1 aliphatic heterocycles. The van der Waals surface area contributed by atoms with E-state index >= 15 is 0 Å². The van der Waals surface area contributed by atoms with Gasteiger partial charge in [0.05, 0.1) is 11.5 Å². The van der Waals surface area contributed by atoms with Gasteiger partial charge in [-0.05, 0) is 42.8 Å². The van der Waals surface area contributed by atoms with Crippen LogP contribution in [0.2, 0.25) is 0 Å². The Labute approximate surface area is 118 Å². The first-order valence-electron chi connectivity index (χ1n) is 6.49. The van der Waals surface area contributed by atoms with E-state index in [0.717, 1.165) is 12.1 Å². The van der Waals surface area contributed by atoms with Crippen LogP contribution >= 0.6 is 0 Å². The van der Waals surface area contributed by atoms with Gasteiger partial charge in [0.25, 0.3) is 0 Å². The van der Waals surface area contributed by atoms with Crippen molar-refractivity contribution >= 4 is 10.0 Å². The third-order valence-corrected chi connectivity index (χ3v) is 4.84. The fourth-order valence-corrected chi connectivity index (χ4v) is 3.47. The molecule has 2 aromatic rings. The molecule has 0 radical (unpaired) electrons. The first kappa shape index (κ1) is 13.4. The Morgan fingerprint density at radius 3 is 2.45 bits per heavy atom. The van der Waals surface area contributed by atoms with Crippen molar-refractivity contribution in [1.29, 1.82) is 0 Å². The molecule has 2 heterocycles. The van der Waals surface area contributed by atoms with Crippen molar-refractivity contribution in [2.75, 3.05) is 13.2 Å². The van der Waals surface area contributed by atoms with Crippen LogP contribution in [-0.4, -0.2) is 32.2 Å². The lowest BCUT2D eigenvalue weighted by Gasteiger charge is -2.12. The second kappa shape index (κ2) is 5.40. The minimum atomic E-state index is -3.47. The van der Waals surface area contributed by atoms with Crippen molar-refractivity contribution in [2.45, 2.75) is 17.4 Å². The van der Waals surface area contributed by atoms with Gasteiger partial charge >= 0.3 is 0 Å². The molecule has 1 fully saturated rings. The maximum Gasteiger partial charge on any atom is 0.240 e. The van der Waals surface area contributed by atoms with Gasteiger partial charge in [-0.15, -0.1) is 0 Å². The maximum atomic E-state index is 12.2. The van der Waals surface area contributed by atoms with Crippen molar-refractivity contribution in [3.05, 3.63) is 48.8 Å². The normalized spacial score (nSPS) is 19.3. The van der Waals surface area contributed by atoms with E-state index in [4.69, 9.17) is 4.74 Å². The highest BCUT2D eigenvalue weighted by atomic mass is 32.2. The molecule has 5 nitrogen and oxygen atoms in total. The van der Waals surface area contributed by atoms with Crippen molar-refractivity contribution in [3.8, 4) is 5.69 Å². The largest absolute Gasteiger partial charge is 0.380 e. The van der Waals surface area contributed by atoms with Gasteiger partial charge < -0.3 is 9.30 Å². The summed E-state index contributed by atoms with van der Waals surface area (Å²) in [5.41, 5.74) is 0.929. The van der Waals surface area contributed by atoms with Crippen LogP contribution < -0.4 is 4.72 Å². The lowest BCUT2D eigenvalue weighted by molar-refractivity contribution is 0.192. The molecule has 1 aliphatic rings. The van der Waals surface area contributed by atoms with Gasteiger partial charge in [0, 0.05) is 30.7 Å². The van der Waals surface area contributed by atoms with Crippen molar-refractivity contribution < 1.29 is 13.2 Å². The predicted octanol–water partition coefficient (Wildman–Crippen LogP) is 1.54. The third kappa shape index (κ3) is 2.77. The third-order valence-electron chi connectivity index (χ3n) is 3.30. The molecule has 0 spiro atoms. The number of rotatable bonds is 4. The summed E-state index contributed by atoms with van der Waals surface area (Å²) < 4.78 is 34.2. The number of benzene rings is 1. The van der Waals surface area contributed by atoms with Gasteiger partial charge in [-0.2, -0.15) is 0 Å². The van der Waals surface area contributed by atoms with E-state index in [1.165, 1.54) is 0 Å². The second-order valence-electron chi connectivity index (χ2n) is 4.77. The van der Waals surface area contributed by atoms with Gasteiger partial charge in [-0.3, -0.25) is 0 Å². The standard InChI is InChI=1S/C14H16N2O3S/c17-20(18,15-12-7-10-19-11-12)14-5-3-13(4-6-14)16-8-1-2-9-16/h1-6,8-9,12,15H,7,10-11H2. The minimum Gasteiger partial charge on any atom is -0.380 e. The number of hydrogen-bond acceptors (Lipinski definition) is 3. The number of nitrogens with one attached hydrogen (secondary N) is 1. The summed E-state index contributed by atoms with van der Waals surface area (Å²) in [6.45, 7) is 1.06. The number of sulfonamides is 1. The number of aromatic nitrogens is 1. The van der Waals surface area contributed by atoms with Crippen LogP contribution in [0, 0.1) is 0 Å². The predicted molar refractivity (Wildman–Crippen MR) is 75.3 cm³/mol. The molecule has 1 aromatic carbocycles. The summed E-state index contributed by atoms with van der Waals surface area (Å²) in [5, 5.41) is 0. The lowest BCUT2D eigenvalue weighted by atomic mass is 10.3. The van der Waals surface area contributed by atoms with Crippen molar-refractivity contribution in [2.24, 2.45) is 0 Å². The Balaban J connectivity index is 1.79. The van der Waals surface area contributed by atoms with Crippen molar-refractivity contribution in [1.82, 2.24) is 9.29 Å². The molecule has 6 heteroatoms. The van der Waals surface area contributed by atoms with Crippen LogP contribution in [0.5, 0.6) is 0 Å². The molecule has 3 rings (SSSR count). The molecule has 106 valence electrons. The average molecular weight is 292 g/mol. The van der Waals surface area contributed by atoms with Crippen molar-refractivity contribution in [3.63, 3.8) is 0 Å². The van der Waals surface area contributed by atoms with Gasteiger partial charge in [-0.25, -0.2) is 13.1 Å². The summed E-state index contributed by atoms with van der Waals surface area (Å²) in [7, 11) is -3.47. The molecular formula is C14H16N2O3S. The number of nitrogens with zero attached hydrogens (tertiary/aromatic N) is 1. The van der Waals surface area contributed by atoms with E-state index in [1.54, 1.807) is 24.3 Å². The molecule has 1 unspecified atom stereocenters. The van der Waals surface area contributed by atoms with E-state index < -0.39 is 10.0 Å². The SMILES string of the molecule is O=S(=O)(NC1CCOC1)c1ccc(-n2cccc2)cc1. The zero-order valence-corrected chi connectivity index (χ0v) is 11.7. The first-order valence-corrected chi connectivity index (χ1v) is 7.97. The molecule has 0 aliphatic carbocycles. The van der Waals surface area contributed by atoms with Gasteiger partial charge in [0.2, 0.25) is 10.0 Å².